The van der Waals surface area contributed by atoms with E-state index in [1.54, 1.807) is 24.1 Å². The lowest BCUT2D eigenvalue weighted by molar-refractivity contribution is -0.0258. The monoisotopic (exact) mass is 343 g/mol. The lowest BCUT2D eigenvalue weighted by Crippen LogP contribution is -2.32. The topological polar surface area (TPSA) is 79.0 Å². The van der Waals surface area contributed by atoms with Gasteiger partial charge in [0.15, 0.2) is 0 Å². The first-order valence-electron chi connectivity index (χ1n) is 7.33. The minimum Gasteiger partial charge on any atom is -0.328 e. The first-order chi connectivity index (χ1) is 10.7. The number of benzene rings is 1. The van der Waals surface area contributed by atoms with Crippen LogP contribution in [0.25, 0.3) is 0 Å². The summed E-state index contributed by atoms with van der Waals surface area (Å²) in [5.74, 6) is 0.521. The highest BCUT2D eigenvalue weighted by molar-refractivity contribution is 7.89. The Bertz CT molecular complexity index is 614. The molecular weight excluding hydrogens is 318 g/mol. The molecule has 130 valence electrons. The Morgan fingerprint density at radius 2 is 1.78 bits per heavy atom. The zero-order chi connectivity index (χ0) is 17.6. The number of amides is 2. The first-order valence-corrected chi connectivity index (χ1v) is 8.77. The summed E-state index contributed by atoms with van der Waals surface area (Å²) in [6, 6.07) is 5.72. The average molecular weight is 343 g/mol. The third-order valence-corrected chi connectivity index (χ3v) is 5.08. The number of hydroxylamine groups is 1. The second-order valence-corrected chi connectivity index (χ2v) is 7.59. The molecule has 0 aromatic heterocycles. The Kier molecular flexibility index (Phi) is 6.99. The molecule has 0 spiro atoms. The van der Waals surface area contributed by atoms with Crippen LogP contribution in [-0.2, 0) is 14.9 Å². The summed E-state index contributed by atoms with van der Waals surface area (Å²) in [4.78, 5) is 18.4. The van der Waals surface area contributed by atoms with Crippen molar-refractivity contribution in [3.63, 3.8) is 0 Å². The van der Waals surface area contributed by atoms with E-state index in [1.165, 1.54) is 26.3 Å². The summed E-state index contributed by atoms with van der Waals surface area (Å²) in [5, 5.41) is 2.73. The third-order valence-electron chi connectivity index (χ3n) is 3.39. The standard InChI is InChI=1S/C15H25N3O4S/c1-12(2)10-11-17(3)15(19)16-13-6-8-14(9-7-13)23(20,21)18(4)22-5/h6-9,12H,10-11H2,1-5H3,(H,16,19). The molecule has 7 nitrogen and oxygen atoms in total. The van der Waals surface area contributed by atoms with Crippen molar-refractivity contribution in [3.8, 4) is 0 Å². The predicted molar refractivity (Wildman–Crippen MR) is 89.5 cm³/mol. The summed E-state index contributed by atoms with van der Waals surface area (Å²) in [5.41, 5.74) is 0.533. The van der Waals surface area contributed by atoms with E-state index in [-0.39, 0.29) is 10.9 Å². The Hall–Kier alpha value is -1.64. The van der Waals surface area contributed by atoms with Crippen LogP contribution in [0.2, 0.25) is 0 Å². The van der Waals surface area contributed by atoms with Gasteiger partial charge in [-0.15, -0.1) is 0 Å². The van der Waals surface area contributed by atoms with Crippen molar-refractivity contribution in [1.29, 1.82) is 0 Å². The Balaban J connectivity index is 2.73. The number of carbonyl (C=O) groups is 1. The van der Waals surface area contributed by atoms with Crippen LogP contribution in [0.3, 0.4) is 0 Å². The quantitative estimate of drug-likeness (QED) is 0.771. The molecule has 0 unspecified atom stereocenters. The number of urea groups is 1. The summed E-state index contributed by atoms with van der Waals surface area (Å²) in [7, 11) is 0.637. The molecule has 1 aromatic rings. The Morgan fingerprint density at radius 1 is 1.22 bits per heavy atom. The van der Waals surface area contributed by atoms with E-state index in [0.29, 0.717) is 18.2 Å². The number of nitrogens with zero attached hydrogens (tertiary/aromatic N) is 2. The molecule has 0 heterocycles. The molecule has 0 saturated heterocycles. The number of nitrogens with one attached hydrogen (secondary N) is 1. The second kappa shape index (κ2) is 8.28. The van der Waals surface area contributed by atoms with Crippen molar-refractivity contribution < 1.29 is 18.0 Å². The summed E-state index contributed by atoms with van der Waals surface area (Å²) >= 11 is 0. The van der Waals surface area contributed by atoms with Gasteiger partial charge in [-0.25, -0.2) is 13.2 Å². The van der Waals surface area contributed by atoms with E-state index in [2.05, 4.69) is 19.2 Å². The van der Waals surface area contributed by atoms with Gasteiger partial charge in [-0.3, -0.25) is 4.84 Å². The van der Waals surface area contributed by atoms with Crippen LogP contribution in [0, 0.1) is 5.92 Å². The number of anilines is 1. The van der Waals surface area contributed by atoms with Crippen molar-refractivity contribution in [2.75, 3.05) is 33.1 Å². The minimum atomic E-state index is -3.68. The molecule has 8 heteroatoms. The molecule has 23 heavy (non-hydrogen) atoms. The van der Waals surface area contributed by atoms with E-state index in [4.69, 9.17) is 4.84 Å². The normalized spacial score (nSPS) is 11.8. The van der Waals surface area contributed by atoms with Crippen molar-refractivity contribution in [3.05, 3.63) is 24.3 Å². The van der Waals surface area contributed by atoms with Crippen molar-refractivity contribution in [2.45, 2.75) is 25.2 Å². The Labute approximate surface area is 138 Å². The molecular formula is C15H25N3O4S. The van der Waals surface area contributed by atoms with Gasteiger partial charge in [0, 0.05) is 26.3 Å². The maximum absolute atomic E-state index is 12.1. The maximum Gasteiger partial charge on any atom is 0.321 e. The van der Waals surface area contributed by atoms with Gasteiger partial charge in [0.05, 0.1) is 12.0 Å². The van der Waals surface area contributed by atoms with E-state index in [9.17, 15) is 13.2 Å². The lowest BCUT2D eigenvalue weighted by Gasteiger charge is -2.19. The molecule has 0 fully saturated rings. The summed E-state index contributed by atoms with van der Waals surface area (Å²) in [6.07, 6.45) is 0.921. The molecule has 0 radical (unpaired) electrons. The minimum absolute atomic E-state index is 0.0908. The van der Waals surface area contributed by atoms with Crippen molar-refractivity contribution in [1.82, 2.24) is 9.37 Å². The highest BCUT2D eigenvalue weighted by Gasteiger charge is 2.20. The number of sulfonamides is 1. The van der Waals surface area contributed by atoms with Gasteiger partial charge in [0.1, 0.15) is 0 Å². The predicted octanol–water partition coefficient (Wildman–Crippen LogP) is 2.38. The average Bonchev–Trinajstić information content (AvgIpc) is 2.51. The van der Waals surface area contributed by atoms with E-state index >= 15 is 0 Å². The fraction of sp³-hybridized carbons (Fsp3) is 0.533. The van der Waals surface area contributed by atoms with Crippen molar-refractivity contribution in [2.24, 2.45) is 5.92 Å². The van der Waals surface area contributed by atoms with E-state index in [1.807, 2.05) is 0 Å². The molecule has 2 amide bonds. The van der Waals surface area contributed by atoms with Crippen LogP contribution in [0.1, 0.15) is 20.3 Å². The zero-order valence-corrected chi connectivity index (χ0v) is 15.1. The van der Waals surface area contributed by atoms with Gasteiger partial charge in [-0.2, -0.15) is 0 Å². The van der Waals surface area contributed by atoms with Crippen LogP contribution in [-0.4, -0.2) is 51.6 Å². The molecule has 0 aliphatic heterocycles. The van der Waals surface area contributed by atoms with Crippen LogP contribution in [0.15, 0.2) is 29.2 Å². The van der Waals surface area contributed by atoms with Gasteiger partial charge in [-0.1, -0.05) is 18.3 Å². The van der Waals surface area contributed by atoms with Gasteiger partial charge in [-0.05, 0) is 36.6 Å². The van der Waals surface area contributed by atoms with Crippen molar-refractivity contribution >= 4 is 21.7 Å². The largest absolute Gasteiger partial charge is 0.328 e. The van der Waals surface area contributed by atoms with Gasteiger partial charge < -0.3 is 10.2 Å². The highest BCUT2D eigenvalue weighted by Crippen LogP contribution is 2.17. The lowest BCUT2D eigenvalue weighted by atomic mass is 10.1. The number of hydrogen-bond donors (Lipinski definition) is 1. The molecule has 0 bridgehead atoms. The van der Waals surface area contributed by atoms with Gasteiger partial charge >= 0.3 is 6.03 Å². The summed E-state index contributed by atoms with van der Waals surface area (Å²) in [6.45, 7) is 4.86. The summed E-state index contributed by atoms with van der Waals surface area (Å²) < 4.78 is 24.9. The zero-order valence-electron chi connectivity index (χ0n) is 14.2. The molecule has 1 rings (SSSR count). The fourth-order valence-corrected chi connectivity index (χ4v) is 2.70. The van der Waals surface area contributed by atoms with Crippen LogP contribution >= 0.6 is 0 Å². The molecule has 1 N–H and O–H groups in total. The fourth-order valence-electron chi connectivity index (χ4n) is 1.73. The first kappa shape index (κ1) is 19.4. The molecule has 0 saturated carbocycles. The number of rotatable bonds is 7. The highest BCUT2D eigenvalue weighted by atomic mass is 32.2. The molecule has 0 atom stereocenters. The molecule has 0 aliphatic rings. The van der Waals surface area contributed by atoms with Gasteiger partial charge in [0.2, 0.25) is 0 Å². The van der Waals surface area contributed by atoms with Crippen LogP contribution < -0.4 is 5.32 Å². The molecule has 0 aliphatic carbocycles. The van der Waals surface area contributed by atoms with Crippen LogP contribution in [0.5, 0.6) is 0 Å². The second-order valence-electron chi connectivity index (χ2n) is 5.66. The number of hydrogen-bond acceptors (Lipinski definition) is 4. The SMILES string of the molecule is CON(C)S(=O)(=O)c1ccc(NC(=O)N(C)CCC(C)C)cc1. The maximum atomic E-state index is 12.1. The Morgan fingerprint density at radius 3 is 2.26 bits per heavy atom. The van der Waals surface area contributed by atoms with E-state index in [0.717, 1.165) is 10.9 Å². The third kappa shape index (κ3) is 5.49. The number of carbonyl (C=O) groups excluding carboxylic acids is 1. The van der Waals surface area contributed by atoms with Crippen LogP contribution in [0.4, 0.5) is 10.5 Å². The smallest absolute Gasteiger partial charge is 0.321 e. The van der Waals surface area contributed by atoms with Gasteiger partial charge in [0.25, 0.3) is 10.0 Å². The van der Waals surface area contributed by atoms with E-state index < -0.39 is 10.0 Å². The molecule has 1 aromatic carbocycles.